The fraction of sp³-hybridized carbons (Fsp3) is 0.194. The first kappa shape index (κ1) is 29.1. The summed E-state index contributed by atoms with van der Waals surface area (Å²) in [7, 11) is 0. The molecule has 1 aliphatic rings. The van der Waals surface area contributed by atoms with Crippen molar-refractivity contribution in [3.8, 4) is 10.4 Å². The number of hydrogen-bond acceptors (Lipinski definition) is 9. The van der Waals surface area contributed by atoms with E-state index in [4.69, 9.17) is 10.5 Å². The predicted octanol–water partition coefficient (Wildman–Crippen LogP) is 4.63. The van der Waals surface area contributed by atoms with Crippen LogP contribution in [0.15, 0.2) is 67.1 Å². The van der Waals surface area contributed by atoms with E-state index in [1.165, 1.54) is 24.7 Å². The molecule has 1 saturated heterocycles. The van der Waals surface area contributed by atoms with Crippen molar-refractivity contribution in [2.24, 2.45) is 0 Å². The number of nitrogens with one attached hydrogen (secondary N) is 2. The average molecular weight is 616 g/mol. The second-order valence-electron chi connectivity index (χ2n) is 10.1. The van der Waals surface area contributed by atoms with Crippen LogP contribution in [0, 0.1) is 11.6 Å². The van der Waals surface area contributed by atoms with Crippen LogP contribution in [0.5, 0.6) is 0 Å². The van der Waals surface area contributed by atoms with Gasteiger partial charge in [0.25, 0.3) is 11.8 Å². The lowest BCUT2D eigenvalue weighted by Gasteiger charge is -2.27. The third-order valence-corrected chi connectivity index (χ3v) is 8.29. The summed E-state index contributed by atoms with van der Waals surface area (Å²) >= 11 is 1.56. The van der Waals surface area contributed by atoms with Gasteiger partial charge < -0.3 is 26.0 Å². The number of carbonyl (C=O) groups excluding carboxylic acids is 2. The van der Waals surface area contributed by atoms with Gasteiger partial charge in [0, 0.05) is 41.0 Å². The summed E-state index contributed by atoms with van der Waals surface area (Å²) < 4.78 is 32.4. The Kier molecular flexibility index (Phi) is 8.39. The minimum Gasteiger partial charge on any atom is -0.383 e. The third kappa shape index (κ3) is 6.33. The lowest BCUT2D eigenvalue weighted by atomic mass is 10.1. The van der Waals surface area contributed by atoms with Crippen LogP contribution in [0.4, 0.5) is 20.4 Å². The number of nitrogens with zero attached hydrogens (tertiary/aromatic N) is 4. The maximum atomic E-state index is 13.7. The molecule has 1 aliphatic heterocycles. The molecule has 0 spiro atoms. The number of pyridine rings is 1. The van der Waals surface area contributed by atoms with Gasteiger partial charge in [0.15, 0.2) is 11.6 Å². The number of amides is 2. The van der Waals surface area contributed by atoms with E-state index in [2.05, 4.69) is 25.6 Å². The molecule has 3 aromatic heterocycles. The van der Waals surface area contributed by atoms with E-state index in [-0.39, 0.29) is 29.4 Å². The molecule has 4 heterocycles. The van der Waals surface area contributed by atoms with Gasteiger partial charge in [-0.2, -0.15) is 0 Å². The van der Waals surface area contributed by atoms with Crippen LogP contribution in [0.2, 0.25) is 0 Å². The van der Waals surface area contributed by atoms with Crippen LogP contribution in [0.3, 0.4) is 0 Å². The third-order valence-electron chi connectivity index (χ3n) is 7.16. The van der Waals surface area contributed by atoms with Crippen molar-refractivity contribution in [1.29, 1.82) is 0 Å². The highest BCUT2D eigenvalue weighted by Crippen LogP contribution is 2.32. The zero-order valence-corrected chi connectivity index (χ0v) is 24.2. The first-order valence-corrected chi connectivity index (χ1v) is 14.6. The fourth-order valence-electron chi connectivity index (χ4n) is 4.80. The quantitative estimate of drug-likeness (QED) is 0.230. The number of hydrogen-bond donors (Lipinski definition) is 3. The SMILES string of the molecule is Nc1ncnc2ccc(-c3ccc(CNc4ncc(C(=O)N5CCOCC5)cc4C(=O)NCc4ccc(F)c(F)c4)s3)cc12. The minimum atomic E-state index is -1.00. The van der Waals surface area contributed by atoms with E-state index in [0.29, 0.717) is 44.2 Å². The zero-order chi connectivity index (χ0) is 30.6. The Bertz CT molecular complexity index is 1860. The Labute approximate surface area is 254 Å². The lowest BCUT2D eigenvalue weighted by molar-refractivity contribution is 0.0302. The van der Waals surface area contributed by atoms with Gasteiger partial charge in [-0.15, -0.1) is 11.3 Å². The number of thiophene rings is 1. The largest absolute Gasteiger partial charge is 0.383 e. The van der Waals surface area contributed by atoms with Gasteiger partial charge in [-0.1, -0.05) is 12.1 Å². The standard InChI is InChI=1S/C31H27F2N7O3S/c32-24-4-1-18(11-25(24)33)14-37-30(41)23-13-20(31(42)40-7-9-43-10-8-40)15-35-29(23)36-16-21-3-6-27(44-21)19-2-5-26-22(12-19)28(34)39-17-38-26/h1-6,11-13,15,17H,7-10,14,16H2,(H,35,36)(H,37,41)(H2,34,38,39). The summed E-state index contributed by atoms with van der Waals surface area (Å²) in [4.78, 5) is 42.9. The van der Waals surface area contributed by atoms with Crippen molar-refractivity contribution in [2.45, 2.75) is 13.1 Å². The number of aromatic nitrogens is 3. The van der Waals surface area contributed by atoms with E-state index in [0.717, 1.165) is 38.4 Å². The number of anilines is 2. The number of nitrogen functional groups attached to an aromatic ring is 1. The maximum Gasteiger partial charge on any atom is 0.255 e. The molecule has 0 aliphatic carbocycles. The average Bonchev–Trinajstić information content (AvgIpc) is 3.53. The van der Waals surface area contributed by atoms with E-state index < -0.39 is 17.5 Å². The van der Waals surface area contributed by atoms with Gasteiger partial charge in [-0.3, -0.25) is 9.59 Å². The molecule has 0 atom stereocenters. The van der Waals surface area contributed by atoms with Crippen molar-refractivity contribution in [3.63, 3.8) is 0 Å². The van der Waals surface area contributed by atoms with E-state index in [1.54, 1.807) is 16.2 Å². The van der Waals surface area contributed by atoms with Crippen LogP contribution in [-0.4, -0.2) is 58.0 Å². The summed E-state index contributed by atoms with van der Waals surface area (Å²) in [5, 5.41) is 6.71. The van der Waals surface area contributed by atoms with Crippen LogP contribution in [-0.2, 0) is 17.8 Å². The summed E-state index contributed by atoms with van der Waals surface area (Å²) in [6, 6.07) is 14.7. The molecule has 1 fully saturated rings. The van der Waals surface area contributed by atoms with E-state index in [9.17, 15) is 18.4 Å². The highest BCUT2D eigenvalue weighted by atomic mass is 32.1. The molecule has 2 amide bonds. The number of morpholine rings is 1. The Morgan fingerprint density at radius 2 is 1.80 bits per heavy atom. The first-order valence-electron chi connectivity index (χ1n) is 13.8. The van der Waals surface area contributed by atoms with Crippen LogP contribution in [0.25, 0.3) is 21.3 Å². The van der Waals surface area contributed by atoms with E-state index >= 15 is 0 Å². The first-order chi connectivity index (χ1) is 21.4. The predicted molar refractivity (Wildman–Crippen MR) is 163 cm³/mol. The lowest BCUT2D eigenvalue weighted by Crippen LogP contribution is -2.40. The van der Waals surface area contributed by atoms with Crippen molar-refractivity contribution in [3.05, 3.63) is 100 Å². The molecule has 13 heteroatoms. The van der Waals surface area contributed by atoms with Crippen molar-refractivity contribution in [2.75, 3.05) is 37.4 Å². The molecule has 4 N–H and O–H groups in total. The number of benzene rings is 2. The van der Waals surface area contributed by atoms with Gasteiger partial charge in [0.2, 0.25) is 0 Å². The van der Waals surface area contributed by atoms with Gasteiger partial charge in [-0.05, 0) is 53.6 Å². The molecule has 2 aromatic carbocycles. The normalized spacial score (nSPS) is 13.2. The van der Waals surface area contributed by atoms with Crippen LogP contribution in [0.1, 0.15) is 31.2 Å². The fourth-order valence-corrected chi connectivity index (χ4v) is 5.74. The molecule has 0 unspecified atom stereocenters. The number of halogens is 2. The Morgan fingerprint density at radius 1 is 0.955 bits per heavy atom. The number of rotatable bonds is 8. The molecule has 0 bridgehead atoms. The summed E-state index contributed by atoms with van der Waals surface area (Å²) in [5.74, 6) is -2.07. The second kappa shape index (κ2) is 12.7. The molecule has 44 heavy (non-hydrogen) atoms. The number of nitrogens with two attached hydrogens (primary N) is 1. The zero-order valence-electron chi connectivity index (χ0n) is 23.3. The second-order valence-corrected chi connectivity index (χ2v) is 11.2. The molecule has 0 saturated carbocycles. The Morgan fingerprint density at radius 3 is 2.61 bits per heavy atom. The number of carbonyl (C=O) groups is 2. The van der Waals surface area contributed by atoms with Gasteiger partial charge in [-0.25, -0.2) is 23.7 Å². The summed E-state index contributed by atoms with van der Waals surface area (Å²) in [6.45, 7) is 2.05. The highest BCUT2D eigenvalue weighted by Gasteiger charge is 2.22. The molecule has 224 valence electrons. The highest BCUT2D eigenvalue weighted by molar-refractivity contribution is 7.15. The molecule has 6 rings (SSSR count). The summed E-state index contributed by atoms with van der Waals surface area (Å²) in [6.07, 6.45) is 2.87. The maximum absolute atomic E-state index is 13.7. The molecule has 5 aromatic rings. The Balaban J connectivity index is 1.22. The topological polar surface area (TPSA) is 135 Å². The van der Waals surface area contributed by atoms with Gasteiger partial charge >= 0.3 is 0 Å². The molecule has 0 radical (unpaired) electrons. The van der Waals surface area contributed by atoms with Crippen molar-refractivity contribution in [1.82, 2.24) is 25.2 Å². The van der Waals surface area contributed by atoms with Crippen molar-refractivity contribution < 1.29 is 23.1 Å². The smallest absolute Gasteiger partial charge is 0.255 e. The van der Waals surface area contributed by atoms with Crippen LogP contribution < -0.4 is 16.4 Å². The molecular weight excluding hydrogens is 588 g/mol. The summed E-state index contributed by atoms with van der Waals surface area (Å²) in [5.41, 5.74) is 8.56. The molecular formula is C31H27F2N7O3S. The van der Waals surface area contributed by atoms with Crippen LogP contribution >= 0.6 is 11.3 Å². The number of fused-ring (bicyclic) bond motifs is 1. The van der Waals surface area contributed by atoms with Crippen molar-refractivity contribution >= 4 is 45.7 Å². The van der Waals surface area contributed by atoms with E-state index in [1.807, 2.05) is 30.3 Å². The number of ether oxygens (including phenoxy) is 1. The monoisotopic (exact) mass is 615 g/mol. The minimum absolute atomic E-state index is 0.0489. The van der Waals surface area contributed by atoms with Gasteiger partial charge in [0.1, 0.15) is 18.0 Å². The van der Waals surface area contributed by atoms with Gasteiger partial charge in [0.05, 0.1) is 36.4 Å². The Hall–Kier alpha value is -5.01. The molecule has 10 nitrogen and oxygen atoms in total.